The van der Waals surface area contributed by atoms with Crippen LogP contribution in [-0.4, -0.2) is 24.3 Å². The first-order valence-electron chi connectivity index (χ1n) is 7.06. The SMILES string of the molecule is CC(N)c1c(F)cccc1N1CCCC1CCCO. The van der Waals surface area contributed by atoms with Gasteiger partial charge < -0.3 is 15.7 Å². The van der Waals surface area contributed by atoms with Crippen LogP contribution in [0, 0.1) is 5.82 Å². The molecule has 2 atom stereocenters. The molecule has 1 aliphatic heterocycles. The quantitative estimate of drug-likeness (QED) is 0.861. The molecule has 106 valence electrons. The van der Waals surface area contributed by atoms with Gasteiger partial charge in [-0.1, -0.05) is 6.07 Å². The minimum absolute atomic E-state index is 0.216. The summed E-state index contributed by atoms with van der Waals surface area (Å²) in [7, 11) is 0. The standard InChI is InChI=1S/C15H23FN2O/c1-11(17)15-13(16)7-2-8-14(15)18-9-3-5-12(18)6-4-10-19/h2,7-8,11-12,19H,3-6,9-10,17H2,1H3. The van der Waals surface area contributed by atoms with Gasteiger partial charge in [-0.15, -0.1) is 0 Å². The molecule has 0 saturated carbocycles. The second-order valence-corrected chi connectivity index (χ2v) is 5.32. The molecule has 1 fully saturated rings. The Labute approximate surface area is 114 Å². The van der Waals surface area contributed by atoms with Crippen molar-refractivity contribution in [3.05, 3.63) is 29.6 Å². The Morgan fingerprint density at radius 1 is 1.53 bits per heavy atom. The maximum atomic E-state index is 14.0. The van der Waals surface area contributed by atoms with Gasteiger partial charge in [-0.25, -0.2) is 4.39 Å². The van der Waals surface area contributed by atoms with Crippen molar-refractivity contribution in [2.24, 2.45) is 5.73 Å². The van der Waals surface area contributed by atoms with E-state index >= 15 is 0 Å². The number of aliphatic hydroxyl groups is 1. The van der Waals surface area contributed by atoms with Gasteiger partial charge in [-0.05, 0) is 44.7 Å². The Balaban J connectivity index is 2.27. The van der Waals surface area contributed by atoms with Gasteiger partial charge in [0.2, 0.25) is 0 Å². The second-order valence-electron chi connectivity index (χ2n) is 5.32. The number of halogens is 1. The second kappa shape index (κ2) is 6.35. The zero-order chi connectivity index (χ0) is 13.8. The molecule has 0 radical (unpaired) electrons. The number of rotatable bonds is 5. The predicted molar refractivity (Wildman–Crippen MR) is 75.7 cm³/mol. The number of benzene rings is 1. The van der Waals surface area contributed by atoms with E-state index in [0.29, 0.717) is 11.6 Å². The Bertz CT molecular complexity index is 423. The van der Waals surface area contributed by atoms with Crippen LogP contribution in [0.5, 0.6) is 0 Å². The average Bonchev–Trinajstić information content (AvgIpc) is 2.83. The molecule has 0 spiro atoms. The van der Waals surface area contributed by atoms with Crippen LogP contribution in [0.3, 0.4) is 0 Å². The minimum Gasteiger partial charge on any atom is -0.396 e. The van der Waals surface area contributed by atoms with E-state index in [-0.39, 0.29) is 18.5 Å². The maximum absolute atomic E-state index is 14.0. The Kier molecular flexibility index (Phi) is 4.77. The van der Waals surface area contributed by atoms with E-state index in [0.717, 1.165) is 37.9 Å². The fourth-order valence-corrected chi connectivity index (χ4v) is 3.01. The lowest BCUT2D eigenvalue weighted by atomic mass is 10.0. The summed E-state index contributed by atoms with van der Waals surface area (Å²) in [5, 5.41) is 8.97. The average molecular weight is 266 g/mol. The summed E-state index contributed by atoms with van der Waals surface area (Å²) in [5.41, 5.74) is 7.46. The number of anilines is 1. The van der Waals surface area contributed by atoms with Crippen molar-refractivity contribution in [3.63, 3.8) is 0 Å². The maximum Gasteiger partial charge on any atom is 0.130 e. The molecule has 4 heteroatoms. The fraction of sp³-hybridized carbons (Fsp3) is 0.600. The molecule has 2 unspecified atom stereocenters. The van der Waals surface area contributed by atoms with Crippen molar-refractivity contribution in [1.82, 2.24) is 0 Å². The van der Waals surface area contributed by atoms with Gasteiger partial charge in [0.1, 0.15) is 5.82 Å². The van der Waals surface area contributed by atoms with Gasteiger partial charge in [0.25, 0.3) is 0 Å². The number of hydrogen-bond donors (Lipinski definition) is 2. The summed E-state index contributed by atoms with van der Waals surface area (Å²) in [5.74, 6) is -0.222. The van der Waals surface area contributed by atoms with Crippen LogP contribution in [0.2, 0.25) is 0 Å². The number of nitrogens with zero attached hydrogens (tertiary/aromatic N) is 1. The lowest BCUT2D eigenvalue weighted by molar-refractivity contribution is 0.279. The molecule has 1 heterocycles. The monoisotopic (exact) mass is 266 g/mol. The van der Waals surface area contributed by atoms with Crippen LogP contribution in [0.25, 0.3) is 0 Å². The lowest BCUT2D eigenvalue weighted by Gasteiger charge is -2.30. The Morgan fingerprint density at radius 3 is 3.00 bits per heavy atom. The van der Waals surface area contributed by atoms with Gasteiger partial charge in [-0.2, -0.15) is 0 Å². The fourth-order valence-electron chi connectivity index (χ4n) is 3.01. The van der Waals surface area contributed by atoms with E-state index in [1.807, 2.05) is 13.0 Å². The molecule has 1 aromatic carbocycles. The molecule has 3 nitrogen and oxygen atoms in total. The molecule has 0 bridgehead atoms. The smallest absolute Gasteiger partial charge is 0.130 e. The Hall–Kier alpha value is -1.13. The van der Waals surface area contributed by atoms with E-state index < -0.39 is 0 Å². The molecule has 0 amide bonds. The van der Waals surface area contributed by atoms with Crippen LogP contribution in [0.15, 0.2) is 18.2 Å². The molecule has 3 N–H and O–H groups in total. The van der Waals surface area contributed by atoms with E-state index in [1.54, 1.807) is 6.07 Å². The largest absolute Gasteiger partial charge is 0.396 e. The molecule has 0 aromatic heterocycles. The highest BCUT2D eigenvalue weighted by Gasteiger charge is 2.27. The molecule has 1 aliphatic rings. The molecular weight excluding hydrogens is 243 g/mol. The van der Waals surface area contributed by atoms with Crippen LogP contribution in [0.4, 0.5) is 10.1 Å². The van der Waals surface area contributed by atoms with Crippen molar-refractivity contribution < 1.29 is 9.50 Å². The highest BCUT2D eigenvalue weighted by Crippen LogP contribution is 2.34. The first-order chi connectivity index (χ1) is 9.15. The van der Waals surface area contributed by atoms with Crippen LogP contribution in [0.1, 0.15) is 44.2 Å². The normalized spacial score (nSPS) is 20.8. The highest BCUT2D eigenvalue weighted by molar-refractivity contribution is 5.57. The third kappa shape index (κ3) is 3.07. The van der Waals surface area contributed by atoms with Gasteiger partial charge >= 0.3 is 0 Å². The van der Waals surface area contributed by atoms with E-state index in [1.165, 1.54) is 6.07 Å². The third-order valence-corrected chi connectivity index (χ3v) is 3.87. The van der Waals surface area contributed by atoms with Gasteiger partial charge in [0.05, 0.1) is 0 Å². The first kappa shape index (κ1) is 14.3. The zero-order valence-corrected chi connectivity index (χ0v) is 11.5. The predicted octanol–water partition coefficient (Wildman–Crippen LogP) is 2.59. The summed E-state index contributed by atoms with van der Waals surface area (Å²) in [6.07, 6.45) is 3.97. The van der Waals surface area contributed by atoms with Crippen molar-refractivity contribution >= 4 is 5.69 Å². The number of nitrogens with two attached hydrogens (primary N) is 1. The van der Waals surface area contributed by atoms with E-state index in [4.69, 9.17) is 10.8 Å². The molecule has 19 heavy (non-hydrogen) atoms. The minimum atomic E-state index is -0.310. The van der Waals surface area contributed by atoms with Crippen molar-refractivity contribution in [1.29, 1.82) is 0 Å². The van der Waals surface area contributed by atoms with Gasteiger partial charge in [0.15, 0.2) is 0 Å². The lowest BCUT2D eigenvalue weighted by Crippen LogP contribution is -2.31. The summed E-state index contributed by atoms with van der Waals surface area (Å²) in [6.45, 7) is 2.98. The number of hydrogen-bond acceptors (Lipinski definition) is 3. The summed E-state index contributed by atoms with van der Waals surface area (Å²) in [4.78, 5) is 2.26. The zero-order valence-electron chi connectivity index (χ0n) is 11.5. The third-order valence-electron chi connectivity index (χ3n) is 3.87. The molecular formula is C15H23FN2O. The van der Waals surface area contributed by atoms with Gasteiger partial charge in [-0.3, -0.25) is 0 Å². The van der Waals surface area contributed by atoms with Crippen molar-refractivity contribution in [2.45, 2.75) is 44.7 Å². The Morgan fingerprint density at radius 2 is 2.32 bits per heavy atom. The molecule has 2 rings (SSSR count). The van der Waals surface area contributed by atoms with Crippen molar-refractivity contribution in [2.75, 3.05) is 18.1 Å². The summed E-state index contributed by atoms with van der Waals surface area (Å²) < 4.78 is 14.0. The van der Waals surface area contributed by atoms with Crippen molar-refractivity contribution in [3.8, 4) is 0 Å². The molecule has 1 saturated heterocycles. The summed E-state index contributed by atoms with van der Waals surface area (Å²) in [6, 6.07) is 5.26. The first-order valence-corrected chi connectivity index (χ1v) is 7.06. The van der Waals surface area contributed by atoms with Crippen LogP contribution < -0.4 is 10.6 Å². The van der Waals surface area contributed by atoms with E-state index in [9.17, 15) is 4.39 Å². The topological polar surface area (TPSA) is 49.5 Å². The van der Waals surface area contributed by atoms with E-state index in [2.05, 4.69) is 4.90 Å². The molecule has 0 aliphatic carbocycles. The van der Waals surface area contributed by atoms with Crippen LogP contribution in [-0.2, 0) is 0 Å². The van der Waals surface area contributed by atoms with Crippen LogP contribution >= 0.6 is 0 Å². The highest BCUT2D eigenvalue weighted by atomic mass is 19.1. The number of aliphatic hydroxyl groups excluding tert-OH is 1. The van der Waals surface area contributed by atoms with Gasteiger partial charge in [0, 0.05) is 36.5 Å². The molecule has 1 aromatic rings. The summed E-state index contributed by atoms with van der Waals surface area (Å²) >= 11 is 0.